The normalized spacial score (nSPS) is 26.8. The smallest absolute Gasteiger partial charge is 0.182 e. The zero-order chi connectivity index (χ0) is 13.4. The van der Waals surface area contributed by atoms with Gasteiger partial charge in [0.2, 0.25) is 0 Å². The number of thiocarbonyl (C=S) groups is 1. The fourth-order valence-electron chi connectivity index (χ4n) is 2.19. The van der Waals surface area contributed by atoms with Gasteiger partial charge in [0.05, 0.1) is 27.2 Å². The minimum atomic E-state index is -3.39. The van der Waals surface area contributed by atoms with Gasteiger partial charge in [0.25, 0.3) is 0 Å². The lowest BCUT2D eigenvalue weighted by atomic mass is 10.1. The van der Waals surface area contributed by atoms with Gasteiger partial charge in [0.15, 0.2) is 9.84 Å². The molecule has 0 bridgehead atoms. The highest BCUT2D eigenvalue weighted by atomic mass is 32.2. The van der Waals surface area contributed by atoms with Crippen molar-refractivity contribution in [3.63, 3.8) is 0 Å². The molecule has 1 fully saturated rings. The summed E-state index contributed by atoms with van der Waals surface area (Å²) in [4.78, 5) is 0.526. The predicted molar refractivity (Wildman–Crippen MR) is 73.1 cm³/mol. The van der Waals surface area contributed by atoms with Crippen molar-refractivity contribution in [2.45, 2.75) is 16.6 Å². The first kappa shape index (κ1) is 13.5. The number of ether oxygens (including phenoxy) is 1. The molecule has 0 heterocycles. The summed E-state index contributed by atoms with van der Waals surface area (Å²) < 4.78 is 29.9. The summed E-state index contributed by atoms with van der Waals surface area (Å²) in [6.07, 6.45) is 0.438. The van der Waals surface area contributed by atoms with Crippen molar-refractivity contribution >= 4 is 27.0 Å². The van der Waals surface area contributed by atoms with Crippen molar-refractivity contribution in [2.75, 3.05) is 13.7 Å². The number of rotatable bonds is 5. The van der Waals surface area contributed by atoms with Crippen molar-refractivity contribution in [1.82, 2.24) is 0 Å². The second-order valence-corrected chi connectivity index (χ2v) is 7.07. The predicted octanol–water partition coefficient (Wildman–Crippen LogP) is 1.15. The number of hydrogen-bond acceptors (Lipinski definition) is 4. The number of hydrogen-bond donors (Lipinski definition) is 1. The second-order valence-electron chi connectivity index (χ2n) is 4.50. The molecule has 0 saturated heterocycles. The van der Waals surface area contributed by atoms with E-state index in [1.165, 1.54) is 7.11 Å². The molecule has 2 rings (SSSR count). The third-order valence-corrected chi connectivity index (χ3v) is 6.05. The van der Waals surface area contributed by atoms with Gasteiger partial charge in [-0.3, -0.25) is 0 Å². The lowest BCUT2D eigenvalue weighted by Crippen LogP contribution is -2.32. The maximum atomic E-state index is 12.4. The zero-order valence-corrected chi connectivity index (χ0v) is 11.6. The van der Waals surface area contributed by atoms with Crippen LogP contribution in [0.1, 0.15) is 6.42 Å². The molecule has 0 aliphatic heterocycles. The van der Waals surface area contributed by atoms with E-state index in [-0.39, 0.29) is 11.6 Å². The summed E-state index contributed by atoms with van der Waals surface area (Å²) in [5, 5.41) is -0.565. The molecule has 18 heavy (non-hydrogen) atoms. The van der Waals surface area contributed by atoms with E-state index in [4.69, 9.17) is 22.7 Å². The molecule has 1 saturated carbocycles. The third kappa shape index (κ3) is 2.04. The fraction of sp³-hybridized carbons (Fsp3) is 0.417. The largest absolute Gasteiger partial charge is 0.393 e. The molecule has 0 amide bonds. The number of sulfone groups is 1. The van der Waals surface area contributed by atoms with Gasteiger partial charge in [-0.25, -0.2) is 8.42 Å². The van der Waals surface area contributed by atoms with Crippen LogP contribution in [0, 0.1) is 5.41 Å². The van der Waals surface area contributed by atoms with Gasteiger partial charge in [-0.2, -0.15) is 0 Å². The van der Waals surface area contributed by atoms with Crippen LogP contribution in [0.3, 0.4) is 0 Å². The lowest BCUT2D eigenvalue weighted by molar-refractivity contribution is 0.169. The van der Waals surface area contributed by atoms with E-state index >= 15 is 0 Å². The Morgan fingerprint density at radius 1 is 1.50 bits per heavy atom. The summed E-state index contributed by atoms with van der Waals surface area (Å²) in [5.74, 6) is 0. The molecule has 1 aromatic carbocycles. The summed E-state index contributed by atoms with van der Waals surface area (Å²) in [7, 11) is -1.87. The van der Waals surface area contributed by atoms with Gasteiger partial charge >= 0.3 is 0 Å². The van der Waals surface area contributed by atoms with E-state index in [1.807, 2.05) is 0 Å². The summed E-state index contributed by atoms with van der Waals surface area (Å²) in [6, 6.07) is 8.36. The summed E-state index contributed by atoms with van der Waals surface area (Å²) in [5.41, 5.74) is 4.98. The van der Waals surface area contributed by atoms with Gasteiger partial charge < -0.3 is 10.5 Å². The zero-order valence-electron chi connectivity index (χ0n) is 10.00. The monoisotopic (exact) mass is 285 g/mol. The van der Waals surface area contributed by atoms with Gasteiger partial charge in [-0.1, -0.05) is 30.4 Å². The van der Waals surface area contributed by atoms with E-state index < -0.39 is 20.5 Å². The molecular formula is C12H15NO3S2. The van der Waals surface area contributed by atoms with Crippen LogP contribution in [-0.2, 0) is 14.6 Å². The molecule has 2 atom stereocenters. The summed E-state index contributed by atoms with van der Waals surface area (Å²) >= 11 is 4.99. The topological polar surface area (TPSA) is 69.4 Å². The highest BCUT2D eigenvalue weighted by molar-refractivity contribution is 7.92. The minimum Gasteiger partial charge on any atom is -0.393 e. The van der Waals surface area contributed by atoms with Crippen molar-refractivity contribution in [3.05, 3.63) is 30.3 Å². The quantitative estimate of drug-likeness (QED) is 0.822. The molecule has 0 radical (unpaired) electrons. The van der Waals surface area contributed by atoms with Crippen LogP contribution in [0.25, 0.3) is 0 Å². The Kier molecular flexibility index (Phi) is 3.44. The van der Waals surface area contributed by atoms with Gasteiger partial charge in [0, 0.05) is 7.11 Å². The number of benzene rings is 1. The Hall–Kier alpha value is -0.980. The Morgan fingerprint density at radius 2 is 2.11 bits per heavy atom. The van der Waals surface area contributed by atoms with E-state index in [9.17, 15) is 8.42 Å². The molecule has 1 aromatic rings. The average molecular weight is 285 g/mol. The Balaban J connectivity index is 2.33. The van der Waals surface area contributed by atoms with Crippen LogP contribution >= 0.6 is 12.2 Å². The number of nitrogens with two attached hydrogens (primary N) is 1. The number of methoxy groups -OCH3 is 1. The van der Waals surface area contributed by atoms with E-state index in [0.29, 0.717) is 11.3 Å². The minimum absolute atomic E-state index is 0.217. The van der Waals surface area contributed by atoms with Crippen LogP contribution in [-0.4, -0.2) is 32.4 Å². The molecule has 1 aliphatic carbocycles. The Morgan fingerprint density at radius 3 is 2.61 bits per heavy atom. The standard InChI is InChI=1S/C12H15NO3S2/c1-16-8-12(11(13)17)7-10(12)18(14,15)9-5-3-2-4-6-9/h2-6,10H,7-8H2,1H3,(H2,13,17)/t10-,12+/m0/s1. The van der Waals surface area contributed by atoms with Crippen LogP contribution in [0.15, 0.2) is 35.2 Å². The van der Waals surface area contributed by atoms with Crippen molar-refractivity contribution in [3.8, 4) is 0 Å². The van der Waals surface area contributed by atoms with E-state index in [0.717, 1.165) is 0 Å². The van der Waals surface area contributed by atoms with Crippen LogP contribution in [0.2, 0.25) is 0 Å². The molecule has 98 valence electrons. The van der Waals surface area contributed by atoms with Gasteiger partial charge in [-0.05, 0) is 18.6 Å². The fourth-order valence-corrected chi connectivity index (χ4v) is 4.72. The molecule has 1 aliphatic rings. The van der Waals surface area contributed by atoms with Crippen LogP contribution < -0.4 is 5.73 Å². The highest BCUT2D eigenvalue weighted by Gasteiger charge is 2.63. The van der Waals surface area contributed by atoms with Crippen LogP contribution in [0.5, 0.6) is 0 Å². The molecule has 4 nitrogen and oxygen atoms in total. The average Bonchev–Trinajstić information content (AvgIpc) is 3.07. The molecular weight excluding hydrogens is 270 g/mol. The maximum Gasteiger partial charge on any atom is 0.182 e. The highest BCUT2D eigenvalue weighted by Crippen LogP contribution is 2.53. The summed E-state index contributed by atoms with van der Waals surface area (Å²) in [6.45, 7) is 0.249. The van der Waals surface area contributed by atoms with Crippen molar-refractivity contribution < 1.29 is 13.2 Å². The Bertz CT molecular complexity index is 556. The first-order valence-corrected chi connectivity index (χ1v) is 7.48. The van der Waals surface area contributed by atoms with E-state index in [2.05, 4.69) is 0 Å². The van der Waals surface area contributed by atoms with E-state index in [1.54, 1.807) is 30.3 Å². The van der Waals surface area contributed by atoms with Gasteiger partial charge in [0.1, 0.15) is 0 Å². The molecule has 0 aromatic heterocycles. The van der Waals surface area contributed by atoms with Crippen LogP contribution in [0.4, 0.5) is 0 Å². The molecule has 0 spiro atoms. The van der Waals surface area contributed by atoms with Crippen molar-refractivity contribution in [1.29, 1.82) is 0 Å². The van der Waals surface area contributed by atoms with Gasteiger partial charge in [-0.15, -0.1) is 0 Å². The second kappa shape index (κ2) is 4.60. The maximum absolute atomic E-state index is 12.4. The molecule has 0 unspecified atom stereocenters. The molecule has 6 heteroatoms. The third-order valence-electron chi connectivity index (χ3n) is 3.34. The lowest BCUT2D eigenvalue weighted by Gasteiger charge is -2.14. The first-order chi connectivity index (χ1) is 8.45. The first-order valence-electron chi connectivity index (χ1n) is 5.53. The molecule has 2 N–H and O–H groups in total. The van der Waals surface area contributed by atoms with Crippen molar-refractivity contribution in [2.24, 2.45) is 11.1 Å². The SMILES string of the molecule is COC[C@]1(C(N)=S)C[C@@H]1S(=O)(=O)c1ccccc1. The Labute approximate surface area is 112 Å².